The van der Waals surface area contributed by atoms with Crippen LogP contribution in [0.1, 0.15) is 33.5 Å². The van der Waals surface area contributed by atoms with Gasteiger partial charge in [0.05, 0.1) is 23.4 Å². The highest BCUT2D eigenvalue weighted by Crippen LogP contribution is 2.35. The average Bonchev–Trinajstić information content (AvgIpc) is 2.80. The Morgan fingerprint density at radius 1 is 1.00 bits per heavy atom. The Morgan fingerprint density at radius 2 is 1.78 bits per heavy atom. The van der Waals surface area contributed by atoms with Gasteiger partial charge in [-0.3, -0.25) is 0 Å². The zero-order valence-corrected chi connectivity index (χ0v) is 19.2. The van der Waals surface area contributed by atoms with Gasteiger partial charge in [-0.15, -0.1) is 0 Å². The summed E-state index contributed by atoms with van der Waals surface area (Å²) in [5.41, 5.74) is 0.840. The molecule has 1 atom stereocenters. The van der Waals surface area contributed by atoms with Crippen LogP contribution in [0.5, 0.6) is 11.5 Å². The molecule has 1 unspecified atom stereocenters. The van der Waals surface area contributed by atoms with Crippen molar-refractivity contribution in [2.45, 2.75) is 38.7 Å². The maximum atomic E-state index is 13.4. The van der Waals surface area contributed by atoms with Gasteiger partial charge in [-0.2, -0.15) is 26.3 Å². The number of rotatable bonds is 5. The van der Waals surface area contributed by atoms with Crippen molar-refractivity contribution in [3.63, 3.8) is 0 Å². The van der Waals surface area contributed by atoms with Gasteiger partial charge in [0.15, 0.2) is 11.6 Å². The van der Waals surface area contributed by atoms with E-state index in [0.29, 0.717) is 6.42 Å². The molecule has 2 heterocycles. The van der Waals surface area contributed by atoms with Gasteiger partial charge >= 0.3 is 12.4 Å². The zero-order chi connectivity index (χ0) is 26.1. The number of nitrogens with one attached hydrogen (secondary N) is 1. The predicted octanol–water partition coefficient (Wildman–Crippen LogP) is 6.42. The second-order valence-electron chi connectivity index (χ2n) is 8.40. The molecule has 1 aliphatic heterocycles. The number of benzene rings is 2. The SMILES string of the molecule is Cc1ccc(CC2CON=C(c3cc(C(F)(F)F)ncc3Oc3cccc(C(F)(F)F)c3)N2)c(C)c1. The number of aromatic nitrogens is 1. The largest absolute Gasteiger partial charge is 0.455 e. The molecular weight excluding hydrogens is 488 g/mol. The van der Waals surface area contributed by atoms with Gasteiger partial charge in [0.25, 0.3) is 0 Å². The highest BCUT2D eigenvalue weighted by molar-refractivity contribution is 6.01. The summed E-state index contributed by atoms with van der Waals surface area (Å²) < 4.78 is 85.0. The summed E-state index contributed by atoms with van der Waals surface area (Å²) in [6.07, 6.45) is -8.08. The molecule has 36 heavy (non-hydrogen) atoms. The molecule has 0 spiro atoms. The lowest BCUT2D eigenvalue weighted by Gasteiger charge is -2.26. The maximum absolute atomic E-state index is 13.4. The molecule has 0 aliphatic carbocycles. The van der Waals surface area contributed by atoms with Gasteiger partial charge in [-0.25, -0.2) is 4.98 Å². The summed E-state index contributed by atoms with van der Waals surface area (Å²) in [5, 5.41) is 6.93. The van der Waals surface area contributed by atoms with Gasteiger partial charge in [0, 0.05) is 0 Å². The van der Waals surface area contributed by atoms with Crippen molar-refractivity contribution in [2.24, 2.45) is 5.16 Å². The van der Waals surface area contributed by atoms with Crippen LogP contribution in [-0.4, -0.2) is 23.5 Å². The number of ether oxygens (including phenoxy) is 1. The van der Waals surface area contributed by atoms with Crippen LogP contribution in [0.25, 0.3) is 0 Å². The Morgan fingerprint density at radius 3 is 2.47 bits per heavy atom. The average molecular weight is 509 g/mol. The molecule has 0 amide bonds. The molecule has 0 bridgehead atoms. The predicted molar refractivity (Wildman–Crippen MR) is 120 cm³/mol. The first-order chi connectivity index (χ1) is 16.9. The van der Waals surface area contributed by atoms with Crippen molar-refractivity contribution in [3.8, 4) is 11.5 Å². The summed E-state index contributed by atoms with van der Waals surface area (Å²) in [6.45, 7) is 4.09. The van der Waals surface area contributed by atoms with Crippen LogP contribution in [0, 0.1) is 13.8 Å². The third kappa shape index (κ3) is 5.89. The molecule has 11 heteroatoms. The summed E-state index contributed by atoms with van der Waals surface area (Å²) in [4.78, 5) is 8.68. The number of alkyl halides is 6. The summed E-state index contributed by atoms with van der Waals surface area (Å²) in [7, 11) is 0. The van der Waals surface area contributed by atoms with E-state index in [1.54, 1.807) is 0 Å². The molecule has 0 saturated heterocycles. The number of oxime groups is 1. The minimum absolute atomic E-state index is 0.0501. The molecule has 3 aromatic rings. The lowest BCUT2D eigenvalue weighted by Crippen LogP contribution is -2.43. The lowest BCUT2D eigenvalue weighted by molar-refractivity contribution is -0.141. The van der Waals surface area contributed by atoms with Crippen LogP contribution in [0.2, 0.25) is 0 Å². The van der Waals surface area contributed by atoms with Gasteiger partial charge < -0.3 is 14.9 Å². The van der Waals surface area contributed by atoms with Crippen LogP contribution in [0.4, 0.5) is 26.3 Å². The summed E-state index contributed by atoms with van der Waals surface area (Å²) in [6, 6.07) is 10.3. The number of pyridine rings is 1. The second-order valence-corrected chi connectivity index (χ2v) is 8.40. The number of nitrogens with zero attached hydrogens (tertiary/aromatic N) is 2. The highest BCUT2D eigenvalue weighted by atomic mass is 19.4. The first-order valence-electron chi connectivity index (χ1n) is 10.9. The molecule has 1 aromatic heterocycles. The summed E-state index contributed by atoms with van der Waals surface area (Å²) in [5.74, 6) is -0.493. The molecule has 1 N–H and O–H groups in total. The lowest BCUT2D eigenvalue weighted by atomic mass is 9.99. The van der Waals surface area contributed by atoms with Gasteiger partial charge in [0.2, 0.25) is 0 Å². The van der Waals surface area contributed by atoms with Crippen LogP contribution >= 0.6 is 0 Å². The molecule has 1 aliphatic rings. The Bertz CT molecular complexity index is 1290. The van der Waals surface area contributed by atoms with E-state index in [4.69, 9.17) is 9.57 Å². The molecule has 0 radical (unpaired) electrons. The van der Waals surface area contributed by atoms with E-state index >= 15 is 0 Å². The fourth-order valence-electron chi connectivity index (χ4n) is 3.76. The van der Waals surface area contributed by atoms with Crippen molar-refractivity contribution in [2.75, 3.05) is 6.61 Å². The van der Waals surface area contributed by atoms with E-state index in [2.05, 4.69) is 15.5 Å². The first kappa shape index (κ1) is 25.3. The number of aryl methyl sites for hydroxylation is 2. The molecule has 2 aromatic carbocycles. The minimum atomic E-state index is -4.77. The minimum Gasteiger partial charge on any atom is -0.455 e. The molecule has 190 valence electrons. The molecule has 0 fully saturated rings. The third-order valence-corrected chi connectivity index (χ3v) is 5.54. The fraction of sp³-hybridized carbons (Fsp3) is 0.280. The Hall–Kier alpha value is -3.76. The standard InChI is InChI=1S/C25H21F6N3O2/c1-14-6-7-16(15(2)8-14)9-18-13-35-34-23(33-18)20-11-22(25(29,30)31)32-12-21(20)36-19-5-3-4-17(10-19)24(26,27)28/h3-8,10-12,18H,9,13H2,1-2H3,(H,33,34). The first-order valence-corrected chi connectivity index (χ1v) is 10.9. The van der Waals surface area contributed by atoms with Crippen LogP contribution < -0.4 is 10.1 Å². The van der Waals surface area contributed by atoms with E-state index in [0.717, 1.165) is 47.2 Å². The quantitative estimate of drug-likeness (QED) is 0.404. The maximum Gasteiger partial charge on any atom is 0.433 e. The van der Waals surface area contributed by atoms with Crippen LogP contribution in [0.3, 0.4) is 0 Å². The van der Waals surface area contributed by atoms with Crippen molar-refractivity contribution in [3.05, 3.63) is 88.2 Å². The third-order valence-electron chi connectivity index (χ3n) is 5.54. The molecule has 0 saturated carbocycles. The van der Waals surface area contributed by atoms with E-state index in [9.17, 15) is 26.3 Å². The summed E-state index contributed by atoms with van der Waals surface area (Å²) >= 11 is 0. The number of hydrogen-bond donors (Lipinski definition) is 1. The second kappa shape index (κ2) is 9.71. The molecule has 5 nitrogen and oxygen atoms in total. The number of halogens is 6. The smallest absolute Gasteiger partial charge is 0.433 e. The highest BCUT2D eigenvalue weighted by Gasteiger charge is 2.35. The van der Waals surface area contributed by atoms with Crippen molar-refractivity contribution in [1.82, 2.24) is 10.3 Å². The van der Waals surface area contributed by atoms with Crippen LogP contribution in [-0.2, 0) is 23.6 Å². The van der Waals surface area contributed by atoms with E-state index in [1.165, 1.54) is 6.07 Å². The molecule has 4 rings (SSSR count). The number of amidine groups is 1. The molecular formula is C25H21F6N3O2. The Balaban J connectivity index is 1.65. The van der Waals surface area contributed by atoms with Gasteiger partial charge in [-0.05, 0) is 55.7 Å². The van der Waals surface area contributed by atoms with Crippen molar-refractivity contribution in [1.29, 1.82) is 0 Å². The Labute approximate surface area is 202 Å². The van der Waals surface area contributed by atoms with Gasteiger partial charge in [0.1, 0.15) is 18.1 Å². The van der Waals surface area contributed by atoms with E-state index in [1.807, 2.05) is 32.0 Å². The van der Waals surface area contributed by atoms with Crippen molar-refractivity contribution >= 4 is 5.84 Å². The normalized spacial score (nSPS) is 16.1. The topological polar surface area (TPSA) is 55.7 Å². The van der Waals surface area contributed by atoms with Gasteiger partial charge in [-0.1, -0.05) is 35.0 Å². The van der Waals surface area contributed by atoms with Crippen LogP contribution in [0.15, 0.2) is 59.9 Å². The fourth-order valence-corrected chi connectivity index (χ4v) is 3.76. The Kier molecular flexibility index (Phi) is 6.83. The van der Waals surface area contributed by atoms with E-state index in [-0.39, 0.29) is 35.5 Å². The zero-order valence-electron chi connectivity index (χ0n) is 19.2. The monoisotopic (exact) mass is 509 g/mol. The van der Waals surface area contributed by atoms with Crippen molar-refractivity contribution < 1.29 is 35.9 Å². The number of hydrogen-bond acceptors (Lipinski definition) is 5. The van der Waals surface area contributed by atoms with E-state index < -0.39 is 23.6 Å².